The number of carbonyl (C=O) groups is 1. The fourth-order valence-corrected chi connectivity index (χ4v) is 12.1. The zero-order valence-corrected chi connectivity index (χ0v) is 29.1. The van der Waals surface area contributed by atoms with Gasteiger partial charge in [0.1, 0.15) is 30.5 Å². The average molecular weight is 683 g/mol. The maximum atomic E-state index is 14.4. The van der Waals surface area contributed by atoms with Gasteiger partial charge in [-0.3, -0.25) is 4.79 Å². The van der Waals surface area contributed by atoms with Gasteiger partial charge in [0.05, 0.1) is 36.9 Å². The fraction of sp³-hybridized carbons (Fsp3) is 0.917. The highest BCUT2D eigenvalue weighted by molar-refractivity contribution is 5.79. The van der Waals surface area contributed by atoms with E-state index < -0.39 is 106 Å². The van der Waals surface area contributed by atoms with Crippen LogP contribution in [0.5, 0.6) is 0 Å². The average Bonchev–Trinajstić information content (AvgIpc) is 3.05. The predicted octanol–water partition coefficient (Wildman–Crippen LogP) is 0.377. The summed E-state index contributed by atoms with van der Waals surface area (Å²) >= 11 is 0. The molecule has 5 aliphatic carbocycles. The van der Waals surface area contributed by atoms with Crippen LogP contribution in [0.4, 0.5) is 0 Å². The highest BCUT2D eigenvalue weighted by Gasteiger charge is 2.73. The molecule has 274 valence electrons. The first-order valence-corrected chi connectivity index (χ1v) is 17.8. The van der Waals surface area contributed by atoms with Crippen molar-refractivity contribution in [2.75, 3.05) is 13.2 Å². The van der Waals surface area contributed by atoms with Gasteiger partial charge in [0.2, 0.25) is 6.29 Å². The Morgan fingerprint density at radius 1 is 0.792 bits per heavy atom. The molecule has 48 heavy (non-hydrogen) atoms. The van der Waals surface area contributed by atoms with Gasteiger partial charge in [-0.15, -0.1) is 0 Å². The molecule has 6 rings (SSSR count). The van der Waals surface area contributed by atoms with Crippen molar-refractivity contribution < 1.29 is 60.2 Å². The number of carbonyl (C=O) groups excluding carboxylic acids is 1. The second-order valence-corrected chi connectivity index (χ2v) is 17.9. The molecule has 17 atom stereocenters. The Bertz CT molecular complexity index is 1300. The van der Waals surface area contributed by atoms with E-state index >= 15 is 0 Å². The van der Waals surface area contributed by atoms with Gasteiger partial charge in [0, 0.05) is 16.7 Å². The van der Waals surface area contributed by atoms with Crippen LogP contribution in [0.3, 0.4) is 0 Å². The Morgan fingerprint density at radius 3 is 2.06 bits per heavy atom. The van der Waals surface area contributed by atoms with Crippen molar-refractivity contribution in [3.05, 3.63) is 11.6 Å². The lowest BCUT2D eigenvalue weighted by Gasteiger charge is -2.72. The molecule has 6 aliphatic rings. The summed E-state index contributed by atoms with van der Waals surface area (Å²) in [7, 11) is 0. The molecule has 1 heterocycles. The first-order chi connectivity index (χ1) is 22.2. The van der Waals surface area contributed by atoms with Gasteiger partial charge in [-0.1, -0.05) is 53.2 Å². The lowest BCUT2D eigenvalue weighted by Crippen LogP contribution is -2.73. The van der Waals surface area contributed by atoms with Crippen molar-refractivity contribution in [2.24, 2.45) is 50.2 Å². The number of esters is 1. The lowest BCUT2D eigenvalue weighted by atomic mass is 9.32. The van der Waals surface area contributed by atoms with Gasteiger partial charge < -0.3 is 55.4 Å². The van der Waals surface area contributed by atoms with Crippen molar-refractivity contribution in [3.63, 3.8) is 0 Å². The molecule has 0 aromatic rings. The van der Waals surface area contributed by atoms with E-state index in [1.54, 1.807) is 6.92 Å². The molecule has 0 radical (unpaired) electrons. The maximum absolute atomic E-state index is 14.4. The topological polar surface area (TPSA) is 218 Å². The van der Waals surface area contributed by atoms with Crippen molar-refractivity contribution in [3.8, 4) is 0 Å². The van der Waals surface area contributed by atoms with E-state index in [9.17, 15) is 50.8 Å². The SMILES string of the molecule is CC1(C)CC[C@]2(C(=O)O[C@@H]3O[C@H](CO)[C@@H](O)[C@H](O)[C@H]3O)CC[C@]3(C)C(=CC[C@@H]4[C@@]5(C)[C@H](O)[C@@H](O)[C@H](O)[C@@](C)(CO)[C@@H]5CC[C@]43C)[C@@H]2[C@@H]1O. The zero-order valence-electron chi connectivity index (χ0n) is 29.1. The van der Waals surface area contributed by atoms with Crippen molar-refractivity contribution in [1.82, 2.24) is 0 Å². The van der Waals surface area contributed by atoms with Gasteiger partial charge in [-0.2, -0.15) is 0 Å². The Morgan fingerprint density at radius 2 is 1.44 bits per heavy atom. The number of aliphatic hydroxyl groups is 9. The van der Waals surface area contributed by atoms with Crippen molar-refractivity contribution in [2.45, 2.75) is 142 Å². The van der Waals surface area contributed by atoms with E-state index in [0.29, 0.717) is 44.9 Å². The molecule has 0 bridgehead atoms. The first-order valence-electron chi connectivity index (χ1n) is 17.8. The summed E-state index contributed by atoms with van der Waals surface area (Å²) in [4.78, 5) is 14.4. The van der Waals surface area contributed by atoms with Gasteiger partial charge >= 0.3 is 5.97 Å². The molecule has 0 aromatic carbocycles. The molecule has 0 spiro atoms. The molecule has 0 unspecified atom stereocenters. The summed E-state index contributed by atoms with van der Waals surface area (Å²) in [5.41, 5.74) is -3.61. The van der Waals surface area contributed by atoms with E-state index in [1.165, 1.54) is 0 Å². The zero-order chi connectivity index (χ0) is 35.6. The van der Waals surface area contributed by atoms with Gasteiger partial charge in [0.25, 0.3) is 0 Å². The number of rotatable bonds is 4. The van der Waals surface area contributed by atoms with Crippen LogP contribution in [-0.2, 0) is 14.3 Å². The minimum absolute atomic E-state index is 0.150. The van der Waals surface area contributed by atoms with E-state index in [2.05, 4.69) is 19.9 Å². The quantitative estimate of drug-likeness (QED) is 0.145. The Labute approximate surface area is 282 Å². The summed E-state index contributed by atoms with van der Waals surface area (Å²) in [6, 6.07) is 0. The number of allylic oxidation sites excluding steroid dienone is 1. The third-order valence-corrected chi connectivity index (χ3v) is 15.6. The largest absolute Gasteiger partial charge is 0.432 e. The lowest BCUT2D eigenvalue weighted by molar-refractivity contribution is -0.300. The van der Waals surface area contributed by atoms with Crippen LogP contribution in [0.1, 0.15) is 86.5 Å². The van der Waals surface area contributed by atoms with Crippen molar-refractivity contribution >= 4 is 5.97 Å². The number of fused-ring (bicyclic) bond motifs is 7. The van der Waals surface area contributed by atoms with Gasteiger partial charge in [-0.05, 0) is 73.0 Å². The number of hydrogen-bond acceptors (Lipinski definition) is 12. The summed E-state index contributed by atoms with van der Waals surface area (Å²) < 4.78 is 11.4. The van der Waals surface area contributed by atoms with Crippen molar-refractivity contribution in [1.29, 1.82) is 0 Å². The minimum Gasteiger partial charge on any atom is -0.432 e. The van der Waals surface area contributed by atoms with Crippen LogP contribution < -0.4 is 0 Å². The number of aliphatic hydroxyl groups excluding tert-OH is 9. The molecule has 12 heteroatoms. The van der Waals surface area contributed by atoms with Crippen LogP contribution in [0.15, 0.2) is 11.6 Å². The maximum Gasteiger partial charge on any atom is 0.315 e. The normalized spacial score (nSPS) is 56.1. The monoisotopic (exact) mass is 682 g/mol. The van der Waals surface area contributed by atoms with E-state index in [4.69, 9.17) is 9.47 Å². The molecule has 5 fully saturated rings. The third-order valence-electron chi connectivity index (χ3n) is 15.6. The summed E-state index contributed by atoms with van der Waals surface area (Å²) in [5, 5.41) is 97.7. The number of ether oxygens (including phenoxy) is 2. The van der Waals surface area contributed by atoms with E-state index in [1.807, 2.05) is 20.8 Å². The van der Waals surface area contributed by atoms with E-state index in [-0.39, 0.29) is 18.4 Å². The molecule has 4 saturated carbocycles. The second-order valence-electron chi connectivity index (χ2n) is 17.9. The molecule has 1 aliphatic heterocycles. The summed E-state index contributed by atoms with van der Waals surface area (Å²) in [6.45, 7) is 11.2. The van der Waals surface area contributed by atoms with Crippen LogP contribution in [0, 0.1) is 50.2 Å². The molecular weight excluding hydrogens is 624 g/mol. The molecule has 0 aromatic heterocycles. The smallest absolute Gasteiger partial charge is 0.315 e. The Kier molecular flexibility index (Phi) is 8.89. The molecule has 1 saturated heterocycles. The third kappa shape index (κ3) is 4.53. The van der Waals surface area contributed by atoms with Crippen LogP contribution >= 0.6 is 0 Å². The second kappa shape index (κ2) is 11.7. The highest BCUT2D eigenvalue weighted by Crippen LogP contribution is 2.76. The highest BCUT2D eigenvalue weighted by atomic mass is 16.7. The molecular formula is C36H58O12. The predicted molar refractivity (Wildman–Crippen MR) is 170 cm³/mol. The summed E-state index contributed by atoms with van der Waals surface area (Å²) in [5.74, 6) is -1.74. The first kappa shape index (κ1) is 36.6. The van der Waals surface area contributed by atoms with Gasteiger partial charge in [-0.25, -0.2) is 0 Å². The standard InChI is InChI=1S/C36H58O12/c1-31(2)11-13-36(30(46)48-29-24(41)23(40)22(39)18(15-37)47-29)14-12-33(4)17(21(36)26(31)43)7-8-20-34(33,5)10-9-19-32(3,16-38)27(44)25(42)28(45)35(19,20)6/h7,18-29,37-45H,8-16H2,1-6H3/t18-,19+,20+,21-,22-,23+,24-,25+,26+,27+,28-,29+,32+,33-,34-,35+,36+/m1/s1. The van der Waals surface area contributed by atoms with Crippen LogP contribution in [0.2, 0.25) is 0 Å². The number of hydrogen-bond donors (Lipinski definition) is 9. The molecule has 0 amide bonds. The summed E-state index contributed by atoms with van der Waals surface area (Å²) in [6.07, 6.45) is -7.00. The molecule has 12 nitrogen and oxygen atoms in total. The van der Waals surface area contributed by atoms with Crippen LogP contribution in [0.25, 0.3) is 0 Å². The van der Waals surface area contributed by atoms with E-state index in [0.717, 1.165) is 5.57 Å². The van der Waals surface area contributed by atoms with Gasteiger partial charge in [0.15, 0.2) is 0 Å². The van der Waals surface area contributed by atoms with Crippen LogP contribution in [-0.4, -0.2) is 120 Å². The Hall–Kier alpha value is -1.19. The molecule has 9 N–H and O–H groups in total. The minimum atomic E-state index is -1.75. The Balaban J connectivity index is 1.41. The fourth-order valence-electron chi connectivity index (χ4n) is 12.1.